The average Bonchev–Trinajstić information content (AvgIpc) is 3.44. The molecule has 0 fully saturated rings. The second kappa shape index (κ2) is 10.7. The highest BCUT2D eigenvalue weighted by molar-refractivity contribution is 6.03. The van der Waals surface area contributed by atoms with E-state index in [4.69, 9.17) is 4.74 Å². The maximum absolute atomic E-state index is 14.9. The monoisotopic (exact) mass is 560 g/mol. The third-order valence-electron chi connectivity index (χ3n) is 6.43. The third-order valence-corrected chi connectivity index (χ3v) is 6.43. The molecule has 206 valence electrons. The van der Waals surface area contributed by atoms with Crippen LogP contribution in [0.1, 0.15) is 39.0 Å². The van der Waals surface area contributed by atoms with E-state index in [1.165, 1.54) is 43.5 Å². The second-order valence-corrected chi connectivity index (χ2v) is 8.99. The molecule has 1 heterocycles. The zero-order valence-electron chi connectivity index (χ0n) is 21.3. The molecule has 1 unspecified atom stereocenters. The highest BCUT2D eigenvalue weighted by Gasteiger charge is 2.36. The number of carbonyl (C=O) groups is 1. The number of nitriles is 1. The van der Waals surface area contributed by atoms with Crippen LogP contribution in [0.4, 0.5) is 23.2 Å². The number of aliphatic hydroxyl groups is 1. The van der Waals surface area contributed by atoms with Gasteiger partial charge < -0.3 is 15.2 Å². The highest BCUT2D eigenvalue weighted by atomic mass is 19.4. The summed E-state index contributed by atoms with van der Waals surface area (Å²) >= 11 is 0. The Kier molecular flexibility index (Phi) is 7.17. The van der Waals surface area contributed by atoms with E-state index in [9.17, 15) is 32.7 Å². The topological polar surface area (TPSA) is 100 Å². The molecule has 41 heavy (non-hydrogen) atoms. The number of alkyl halides is 3. The van der Waals surface area contributed by atoms with Gasteiger partial charge in [-0.25, -0.2) is 9.07 Å². The number of hydrogen-bond acceptors (Lipinski definition) is 5. The highest BCUT2D eigenvalue weighted by Crippen LogP contribution is 2.37. The lowest BCUT2D eigenvalue weighted by Gasteiger charge is -2.19. The second-order valence-electron chi connectivity index (χ2n) is 8.99. The number of carbonyl (C=O) groups excluding carboxylic acids is 1. The first-order chi connectivity index (χ1) is 19.6. The summed E-state index contributed by atoms with van der Waals surface area (Å²) in [5.74, 6) is -1.59. The van der Waals surface area contributed by atoms with Gasteiger partial charge in [0, 0.05) is 11.6 Å². The Balaban J connectivity index is 1.54. The van der Waals surface area contributed by atoms with Gasteiger partial charge in [-0.2, -0.15) is 23.5 Å². The SMILES string of the molecule is COc1ccc2ccccc2c1C(O)c1ccc(F)c(NC(=O)c2cc(C(F)(F)F)nn2-c2cccc(C#N)c2)c1. The molecule has 0 saturated carbocycles. The zero-order chi connectivity index (χ0) is 29.3. The number of rotatable bonds is 6. The lowest BCUT2D eigenvalue weighted by molar-refractivity contribution is -0.141. The summed E-state index contributed by atoms with van der Waals surface area (Å²) in [4.78, 5) is 13.2. The van der Waals surface area contributed by atoms with E-state index in [0.717, 1.165) is 16.1 Å². The number of hydrogen-bond donors (Lipinski definition) is 2. The number of nitrogens with zero attached hydrogens (tertiary/aromatic N) is 3. The number of ether oxygens (including phenoxy) is 1. The van der Waals surface area contributed by atoms with Crippen molar-refractivity contribution in [1.29, 1.82) is 5.26 Å². The fourth-order valence-corrected chi connectivity index (χ4v) is 4.48. The van der Waals surface area contributed by atoms with Gasteiger partial charge in [-0.05, 0) is 52.7 Å². The van der Waals surface area contributed by atoms with Crippen LogP contribution in [0.2, 0.25) is 0 Å². The predicted molar refractivity (Wildman–Crippen MR) is 142 cm³/mol. The van der Waals surface area contributed by atoms with E-state index in [0.29, 0.717) is 22.8 Å². The van der Waals surface area contributed by atoms with E-state index in [2.05, 4.69) is 10.4 Å². The lowest BCUT2D eigenvalue weighted by Crippen LogP contribution is -2.18. The molecule has 5 rings (SSSR count). The van der Waals surface area contributed by atoms with Crippen LogP contribution >= 0.6 is 0 Å². The number of nitrogens with one attached hydrogen (secondary N) is 1. The van der Waals surface area contributed by atoms with E-state index in [1.807, 2.05) is 24.3 Å². The number of aliphatic hydroxyl groups excluding tert-OH is 1. The van der Waals surface area contributed by atoms with E-state index in [1.54, 1.807) is 18.2 Å². The summed E-state index contributed by atoms with van der Waals surface area (Å²) in [6.45, 7) is 0. The molecule has 2 N–H and O–H groups in total. The van der Waals surface area contributed by atoms with E-state index >= 15 is 0 Å². The fraction of sp³-hybridized carbons (Fsp3) is 0.100. The van der Waals surface area contributed by atoms with Crippen LogP contribution in [0.5, 0.6) is 5.75 Å². The van der Waals surface area contributed by atoms with Gasteiger partial charge in [-0.3, -0.25) is 4.79 Å². The van der Waals surface area contributed by atoms with Crippen LogP contribution in [-0.2, 0) is 6.18 Å². The number of methoxy groups -OCH3 is 1. The van der Waals surface area contributed by atoms with Gasteiger partial charge in [0.1, 0.15) is 23.4 Å². The number of anilines is 1. The summed E-state index contributed by atoms with van der Waals surface area (Å²) in [6, 6.07) is 22.3. The molecular weight excluding hydrogens is 540 g/mol. The maximum atomic E-state index is 14.9. The minimum Gasteiger partial charge on any atom is -0.496 e. The molecule has 0 aliphatic heterocycles. The van der Waals surface area contributed by atoms with E-state index in [-0.39, 0.29) is 22.5 Å². The summed E-state index contributed by atoms with van der Waals surface area (Å²) in [6.07, 6.45) is -6.18. The first-order valence-corrected chi connectivity index (χ1v) is 12.1. The van der Waals surface area contributed by atoms with Gasteiger partial charge >= 0.3 is 6.18 Å². The largest absolute Gasteiger partial charge is 0.496 e. The van der Waals surface area contributed by atoms with Crippen LogP contribution < -0.4 is 10.1 Å². The molecule has 11 heteroatoms. The standard InChI is InChI=1S/C30H20F4N4O3/c1-41-25-12-10-18-6-2-3-8-21(18)27(25)28(39)19-9-11-22(31)23(14-19)36-29(40)24-15-26(30(32,33)34)37-38(24)20-7-4-5-17(13-20)16-35/h2-15,28,39H,1H3,(H,36,40). The van der Waals surface area contributed by atoms with Gasteiger partial charge in [-0.15, -0.1) is 0 Å². The summed E-state index contributed by atoms with van der Waals surface area (Å²) < 4.78 is 61.6. The molecule has 0 bridgehead atoms. The van der Waals surface area contributed by atoms with Crippen molar-refractivity contribution >= 4 is 22.4 Å². The van der Waals surface area contributed by atoms with Gasteiger partial charge in [0.25, 0.3) is 5.91 Å². The lowest BCUT2D eigenvalue weighted by atomic mass is 9.94. The molecule has 5 aromatic rings. The molecule has 1 atom stereocenters. The van der Waals surface area contributed by atoms with Crippen LogP contribution in [-0.4, -0.2) is 27.9 Å². The Morgan fingerprint density at radius 1 is 1.05 bits per heavy atom. The zero-order valence-corrected chi connectivity index (χ0v) is 21.3. The molecule has 0 spiro atoms. The molecular formula is C30H20F4N4O3. The van der Waals surface area contributed by atoms with Gasteiger partial charge in [-0.1, -0.05) is 42.5 Å². The fourth-order valence-electron chi connectivity index (χ4n) is 4.48. The van der Waals surface area contributed by atoms with Gasteiger partial charge in [0.15, 0.2) is 5.69 Å². The van der Waals surface area contributed by atoms with Crippen LogP contribution in [0.15, 0.2) is 84.9 Å². The van der Waals surface area contributed by atoms with Crippen molar-refractivity contribution in [2.45, 2.75) is 12.3 Å². The first kappa shape index (κ1) is 27.4. The number of benzene rings is 4. The van der Waals surface area contributed by atoms with Gasteiger partial charge in [0.05, 0.1) is 30.1 Å². The molecule has 0 aliphatic rings. The molecule has 0 aliphatic carbocycles. The predicted octanol–water partition coefficient (Wildman–Crippen LogP) is 6.40. The smallest absolute Gasteiger partial charge is 0.435 e. The summed E-state index contributed by atoms with van der Waals surface area (Å²) in [5, 5.41) is 27.8. The Labute approximate surface area is 230 Å². The van der Waals surface area contributed by atoms with Crippen molar-refractivity contribution in [3.63, 3.8) is 0 Å². The average molecular weight is 561 g/mol. The van der Waals surface area contributed by atoms with Crippen LogP contribution in [0, 0.1) is 17.1 Å². The van der Waals surface area contributed by atoms with Crippen molar-refractivity contribution in [2.24, 2.45) is 0 Å². The molecule has 1 amide bonds. The Morgan fingerprint density at radius 2 is 1.83 bits per heavy atom. The van der Waals surface area contributed by atoms with Crippen molar-refractivity contribution in [3.05, 3.63) is 119 Å². The van der Waals surface area contributed by atoms with Gasteiger partial charge in [0.2, 0.25) is 0 Å². The summed E-state index contributed by atoms with van der Waals surface area (Å²) in [5.41, 5.74) is -1.50. The van der Waals surface area contributed by atoms with E-state index < -0.39 is 35.4 Å². The van der Waals surface area contributed by atoms with Crippen LogP contribution in [0.3, 0.4) is 0 Å². The molecule has 1 aromatic heterocycles. The molecule has 0 radical (unpaired) electrons. The van der Waals surface area contributed by atoms with Crippen LogP contribution in [0.25, 0.3) is 16.5 Å². The quantitative estimate of drug-likeness (QED) is 0.234. The summed E-state index contributed by atoms with van der Waals surface area (Å²) in [7, 11) is 1.45. The van der Waals surface area contributed by atoms with Crippen molar-refractivity contribution < 1.29 is 32.2 Å². The first-order valence-electron chi connectivity index (χ1n) is 12.1. The molecule has 4 aromatic carbocycles. The number of amides is 1. The minimum absolute atomic E-state index is 0.0254. The van der Waals surface area contributed by atoms with Crippen molar-refractivity contribution in [3.8, 4) is 17.5 Å². The normalized spacial score (nSPS) is 12.1. The number of aromatic nitrogens is 2. The molecule has 7 nitrogen and oxygen atoms in total. The Bertz CT molecular complexity index is 1830. The van der Waals surface area contributed by atoms with Crippen molar-refractivity contribution in [1.82, 2.24) is 9.78 Å². The number of fused-ring (bicyclic) bond motifs is 1. The Morgan fingerprint density at radius 3 is 2.56 bits per heavy atom. The van der Waals surface area contributed by atoms with Crippen molar-refractivity contribution in [2.75, 3.05) is 12.4 Å². The molecule has 0 saturated heterocycles. The third kappa shape index (κ3) is 5.33. The Hall–Kier alpha value is -5.21. The maximum Gasteiger partial charge on any atom is 0.435 e. The minimum atomic E-state index is -4.88. The number of halogens is 4.